The van der Waals surface area contributed by atoms with Crippen molar-refractivity contribution >= 4 is 31.9 Å². The van der Waals surface area contributed by atoms with Crippen molar-refractivity contribution < 1.29 is 4.52 Å². The van der Waals surface area contributed by atoms with E-state index in [4.69, 9.17) is 4.52 Å². The van der Waals surface area contributed by atoms with Gasteiger partial charge in [0.1, 0.15) is 5.69 Å². The summed E-state index contributed by atoms with van der Waals surface area (Å²) in [5.41, 5.74) is 0.696. The quantitative estimate of drug-likeness (QED) is 0.857. The minimum atomic E-state index is 0.309. The summed E-state index contributed by atoms with van der Waals surface area (Å²) < 4.78 is 7.12. The van der Waals surface area contributed by atoms with Crippen LogP contribution in [0.25, 0.3) is 11.5 Å². The SMILES string of the molecule is Brc1cnc(-c2noc([C@@H]3CCCNC3)n2)c(Br)c1. The highest BCUT2D eigenvalue weighted by Gasteiger charge is 2.22. The van der Waals surface area contributed by atoms with Crippen molar-refractivity contribution in [3.8, 4) is 11.5 Å². The number of hydrogen-bond donors (Lipinski definition) is 1. The molecule has 2 aromatic heterocycles. The van der Waals surface area contributed by atoms with E-state index in [2.05, 4.69) is 52.3 Å². The molecule has 1 fully saturated rings. The van der Waals surface area contributed by atoms with E-state index in [1.807, 2.05) is 6.07 Å². The summed E-state index contributed by atoms with van der Waals surface area (Å²) in [5, 5.41) is 7.37. The predicted octanol–water partition coefficient (Wildman–Crippen LogP) is 3.12. The zero-order valence-electron chi connectivity index (χ0n) is 10.1. The minimum Gasteiger partial charge on any atom is -0.339 e. The molecule has 5 nitrogen and oxygen atoms in total. The van der Waals surface area contributed by atoms with Gasteiger partial charge in [0.15, 0.2) is 0 Å². The summed E-state index contributed by atoms with van der Waals surface area (Å²) in [6.45, 7) is 1.97. The van der Waals surface area contributed by atoms with Crippen LogP contribution in [0.5, 0.6) is 0 Å². The van der Waals surface area contributed by atoms with Crippen LogP contribution in [0.2, 0.25) is 0 Å². The summed E-state index contributed by atoms with van der Waals surface area (Å²) in [6.07, 6.45) is 3.95. The molecule has 0 bridgehead atoms. The Bertz CT molecular complexity index is 581. The maximum atomic E-state index is 5.37. The number of nitrogens with one attached hydrogen (secondary N) is 1. The summed E-state index contributed by atoms with van der Waals surface area (Å²) >= 11 is 6.83. The van der Waals surface area contributed by atoms with E-state index in [1.165, 1.54) is 0 Å². The largest absolute Gasteiger partial charge is 0.339 e. The van der Waals surface area contributed by atoms with Gasteiger partial charge in [-0.3, -0.25) is 4.98 Å². The molecule has 0 aromatic carbocycles. The molecule has 7 heteroatoms. The number of pyridine rings is 1. The van der Waals surface area contributed by atoms with Crippen molar-refractivity contribution in [2.45, 2.75) is 18.8 Å². The van der Waals surface area contributed by atoms with Crippen molar-refractivity contribution in [2.75, 3.05) is 13.1 Å². The molecule has 1 aliphatic rings. The van der Waals surface area contributed by atoms with Crippen molar-refractivity contribution in [3.63, 3.8) is 0 Å². The van der Waals surface area contributed by atoms with Gasteiger partial charge < -0.3 is 9.84 Å². The van der Waals surface area contributed by atoms with Crippen LogP contribution in [0, 0.1) is 0 Å². The van der Waals surface area contributed by atoms with Crippen molar-refractivity contribution in [3.05, 3.63) is 27.1 Å². The zero-order chi connectivity index (χ0) is 13.2. The van der Waals surface area contributed by atoms with Gasteiger partial charge in [0.05, 0.1) is 5.92 Å². The second-order valence-electron chi connectivity index (χ2n) is 4.48. The first-order valence-electron chi connectivity index (χ1n) is 6.10. The molecule has 0 unspecified atom stereocenters. The van der Waals surface area contributed by atoms with Crippen LogP contribution < -0.4 is 5.32 Å². The second-order valence-corrected chi connectivity index (χ2v) is 6.25. The number of aromatic nitrogens is 3. The van der Waals surface area contributed by atoms with E-state index in [0.717, 1.165) is 34.9 Å². The lowest BCUT2D eigenvalue weighted by Crippen LogP contribution is -2.28. The normalized spacial score (nSPS) is 19.6. The highest BCUT2D eigenvalue weighted by molar-refractivity contribution is 9.11. The molecule has 100 valence electrons. The highest BCUT2D eigenvalue weighted by Crippen LogP contribution is 2.28. The Morgan fingerprint density at radius 1 is 1.37 bits per heavy atom. The van der Waals surface area contributed by atoms with Gasteiger partial charge in [-0.05, 0) is 57.3 Å². The summed E-state index contributed by atoms with van der Waals surface area (Å²) in [5.74, 6) is 1.53. The Kier molecular flexibility index (Phi) is 3.95. The standard InChI is InChI=1S/C12H12Br2N4O/c13-8-4-9(14)10(16-6-8)11-17-12(19-18-11)7-2-1-3-15-5-7/h4,6-7,15H,1-3,5H2/t7-/m1/s1. The van der Waals surface area contributed by atoms with Gasteiger partial charge in [-0.1, -0.05) is 5.16 Å². The Morgan fingerprint density at radius 2 is 2.26 bits per heavy atom. The van der Waals surface area contributed by atoms with Crippen LogP contribution in [0.4, 0.5) is 0 Å². The van der Waals surface area contributed by atoms with Gasteiger partial charge in [0.25, 0.3) is 0 Å². The molecule has 3 rings (SSSR count). The van der Waals surface area contributed by atoms with E-state index in [0.29, 0.717) is 23.3 Å². The third kappa shape index (κ3) is 2.88. The molecule has 0 spiro atoms. The molecule has 1 atom stereocenters. The maximum absolute atomic E-state index is 5.37. The molecular formula is C12H12Br2N4O. The molecule has 1 aliphatic heterocycles. The lowest BCUT2D eigenvalue weighted by Gasteiger charge is -2.18. The molecule has 0 aliphatic carbocycles. The first-order chi connectivity index (χ1) is 9.24. The van der Waals surface area contributed by atoms with E-state index in [1.54, 1.807) is 6.20 Å². The number of nitrogens with zero attached hydrogens (tertiary/aromatic N) is 3. The van der Waals surface area contributed by atoms with Crippen LogP contribution in [0.15, 0.2) is 25.7 Å². The topological polar surface area (TPSA) is 63.8 Å². The fourth-order valence-corrected chi connectivity index (χ4v) is 3.30. The van der Waals surface area contributed by atoms with Crippen LogP contribution in [0.3, 0.4) is 0 Å². The van der Waals surface area contributed by atoms with Gasteiger partial charge in [-0.15, -0.1) is 0 Å². The highest BCUT2D eigenvalue weighted by atomic mass is 79.9. The second kappa shape index (κ2) is 5.68. The summed E-state index contributed by atoms with van der Waals surface area (Å²) in [7, 11) is 0. The summed E-state index contributed by atoms with van der Waals surface area (Å²) in [4.78, 5) is 8.78. The molecule has 1 saturated heterocycles. The Balaban J connectivity index is 1.87. The lowest BCUT2D eigenvalue weighted by atomic mass is 10.00. The Morgan fingerprint density at radius 3 is 3.00 bits per heavy atom. The van der Waals surface area contributed by atoms with Gasteiger partial charge in [-0.2, -0.15) is 4.98 Å². The van der Waals surface area contributed by atoms with E-state index < -0.39 is 0 Å². The van der Waals surface area contributed by atoms with Crippen LogP contribution in [-0.4, -0.2) is 28.2 Å². The molecule has 0 saturated carbocycles. The smallest absolute Gasteiger partial charge is 0.231 e. The molecule has 2 aromatic rings. The van der Waals surface area contributed by atoms with Gasteiger partial charge in [0.2, 0.25) is 11.7 Å². The number of hydrogen-bond acceptors (Lipinski definition) is 5. The zero-order valence-corrected chi connectivity index (χ0v) is 13.2. The fourth-order valence-electron chi connectivity index (χ4n) is 2.14. The van der Waals surface area contributed by atoms with Gasteiger partial charge >= 0.3 is 0 Å². The van der Waals surface area contributed by atoms with Crippen molar-refractivity contribution in [2.24, 2.45) is 0 Å². The lowest BCUT2D eigenvalue weighted by molar-refractivity contribution is 0.322. The fraction of sp³-hybridized carbons (Fsp3) is 0.417. The van der Waals surface area contributed by atoms with E-state index >= 15 is 0 Å². The van der Waals surface area contributed by atoms with E-state index in [9.17, 15) is 0 Å². The molecule has 0 radical (unpaired) electrons. The minimum absolute atomic E-state index is 0.309. The molecule has 3 heterocycles. The Labute approximate surface area is 127 Å². The van der Waals surface area contributed by atoms with Crippen molar-refractivity contribution in [1.29, 1.82) is 0 Å². The molecule has 19 heavy (non-hydrogen) atoms. The monoisotopic (exact) mass is 386 g/mol. The average Bonchev–Trinajstić information content (AvgIpc) is 2.89. The number of piperidine rings is 1. The van der Waals surface area contributed by atoms with Gasteiger partial charge in [0, 0.05) is 21.7 Å². The van der Waals surface area contributed by atoms with Crippen LogP contribution in [-0.2, 0) is 0 Å². The van der Waals surface area contributed by atoms with Crippen LogP contribution >= 0.6 is 31.9 Å². The van der Waals surface area contributed by atoms with Crippen molar-refractivity contribution in [1.82, 2.24) is 20.4 Å². The number of halogens is 2. The molecule has 0 amide bonds. The first kappa shape index (κ1) is 13.2. The third-order valence-corrected chi connectivity index (χ3v) is 4.15. The number of rotatable bonds is 2. The predicted molar refractivity (Wildman–Crippen MR) is 77.8 cm³/mol. The van der Waals surface area contributed by atoms with Crippen LogP contribution in [0.1, 0.15) is 24.7 Å². The first-order valence-corrected chi connectivity index (χ1v) is 7.68. The third-order valence-electron chi connectivity index (χ3n) is 3.11. The average molecular weight is 388 g/mol. The van der Waals surface area contributed by atoms with E-state index in [-0.39, 0.29) is 0 Å². The maximum Gasteiger partial charge on any atom is 0.231 e. The molecule has 1 N–H and O–H groups in total. The van der Waals surface area contributed by atoms with Gasteiger partial charge in [-0.25, -0.2) is 0 Å². The summed E-state index contributed by atoms with van der Waals surface area (Å²) in [6, 6.07) is 1.92. The Hall–Kier alpha value is -0.790. The molecular weight excluding hydrogens is 376 g/mol.